The van der Waals surface area contributed by atoms with E-state index in [0.717, 1.165) is 5.56 Å². The molecule has 0 radical (unpaired) electrons. The lowest BCUT2D eigenvalue weighted by Crippen LogP contribution is -2.47. The van der Waals surface area contributed by atoms with Crippen molar-refractivity contribution < 1.29 is 24.1 Å². The first kappa shape index (κ1) is 27.6. The number of aryl methyl sites for hydroxylation is 1. The molecule has 0 spiro atoms. The smallest absolute Gasteiger partial charge is 0.305 e. The van der Waals surface area contributed by atoms with Gasteiger partial charge in [-0.25, -0.2) is 9.61 Å². The largest absolute Gasteiger partial charge is 0.481 e. The number of carboxylic acids is 1. The zero-order valence-electron chi connectivity index (χ0n) is 20.4. The van der Waals surface area contributed by atoms with Crippen LogP contribution in [0.5, 0.6) is 0 Å². The summed E-state index contributed by atoms with van der Waals surface area (Å²) in [5.74, 6) is -1.66. The fourth-order valence-corrected chi connectivity index (χ4v) is 4.44. The number of carbonyl (C=O) groups excluding carboxylic acids is 2. The Bertz CT molecular complexity index is 1280. The van der Waals surface area contributed by atoms with E-state index in [0.29, 0.717) is 17.1 Å². The van der Waals surface area contributed by atoms with Crippen LogP contribution in [-0.4, -0.2) is 54.4 Å². The lowest BCUT2D eigenvalue weighted by Gasteiger charge is -2.22. The highest BCUT2D eigenvalue weighted by Gasteiger charge is 2.28. The van der Waals surface area contributed by atoms with Crippen molar-refractivity contribution in [2.75, 3.05) is 11.1 Å². The number of rotatable bonds is 14. The van der Waals surface area contributed by atoms with Gasteiger partial charge in [-0.2, -0.15) is 0 Å². The number of thioether (sulfide) groups is 1. The number of hydrogen-bond acceptors (Lipinski definition) is 10. The molecule has 0 unspecified atom stereocenters. The van der Waals surface area contributed by atoms with E-state index < -0.39 is 41.7 Å². The maximum Gasteiger partial charge on any atom is 0.305 e. The molecular formula is C24H28N6O6S. The highest BCUT2D eigenvalue weighted by molar-refractivity contribution is 7.99. The molecule has 2 heterocycles. The molecule has 1 aromatic carbocycles. The second-order valence-electron chi connectivity index (χ2n) is 8.17. The molecule has 0 aliphatic rings. The van der Waals surface area contributed by atoms with Gasteiger partial charge in [-0.05, 0) is 18.9 Å². The van der Waals surface area contributed by atoms with E-state index in [-0.39, 0.29) is 24.5 Å². The number of hydrogen-bond donors (Lipinski definition) is 3. The molecule has 0 saturated heterocycles. The van der Waals surface area contributed by atoms with Crippen molar-refractivity contribution in [1.82, 2.24) is 25.2 Å². The highest BCUT2D eigenvalue weighted by atomic mass is 32.2. The topological polar surface area (TPSA) is 169 Å². The van der Waals surface area contributed by atoms with Crippen LogP contribution in [0.1, 0.15) is 42.8 Å². The van der Waals surface area contributed by atoms with Crippen LogP contribution in [0.25, 0.3) is 0 Å². The molecule has 3 N–H and O–H groups in total. The normalized spacial score (nSPS) is 12.5. The van der Waals surface area contributed by atoms with Crippen LogP contribution in [0.4, 0.5) is 5.82 Å². The molecule has 13 heteroatoms. The summed E-state index contributed by atoms with van der Waals surface area (Å²) in [6.07, 6.45) is 2.40. The van der Waals surface area contributed by atoms with Crippen LogP contribution in [-0.2, 0) is 26.7 Å². The van der Waals surface area contributed by atoms with Crippen LogP contribution in [0.15, 0.2) is 52.1 Å². The van der Waals surface area contributed by atoms with Crippen molar-refractivity contribution in [3.63, 3.8) is 0 Å². The van der Waals surface area contributed by atoms with Gasteiger partial charge < -0.3 is 15.7 Å². The summed E-state index contributed by atoms with van der Waals surface area (Å²) in [6.45, 7) is 3.55. The maximum atomic E-state index is 13.1. The zero-order chi connectivity index (χ0) is 26.8. The maximum absolute atomic E-state index is 13.1. The van der Waals surface area contributed by atoms with Crippen molar-refractivity contribution in [2.24, 2.45) is 0 Å². The monoisotopic (exact) mass is 528 g/mol. The molecule has 0 saturated carbocycles. The van der Waals surface area contributed by atoms with Crippen LogP contribution in [0.3, 0.4) is 0 Å². The summed E-state index contributed by atoms with van der Waals surface area (Å²) in [6, 6.07) is 7.34. The Balaban J connectivity index is 1.68. The summed E-state index contributed by atoms with van der Waals surface area (Å²) in [7, 11) is 0. The van der Waals surface area contributed by atoms with Gasteiger partial charge in [0.05, 0.1) is 24.8 Å². The minimum atomic E-state index is -1.22. The molecule has 0 aliphatic heterocycles. The molecule has 0 fully saturated rings. The first-order valence-corrected chi connectivity index (χ1v) is 12.7. The first-order chi connectivity index (χ1) is 17.8. The molecule has 1 amide bonds. The number of carboxylic acid groups (broad SMARTS) is 1. The minimum Gasteiger partial charge on any atom is -0.481 e. The van der Waals surface area contributed by atoms with Crippen molar-refractivity contribution in [3.8, 4) is 0 Å². The highest BCUT2D eigenvalue weighted by Crippen LogP contribution is 2.15. The Hall–Kier alpha value is -4.00. The standard InChI is InChI=1S/C24H28N6O6S/c1-3-19(30-10-9-25-22(24(30)35)26-12-18-15(2)28-36-29-18)23(34)27-17(11-21(32)33)20(31)14-37-13-16-7-5-4-6-8-16/h4-10,17,19H,3,11-14H2,1-2H3,(H,25,26)(H,27,34)(H,32,33)/t17-,19+/m0/s1. The van der Waals surface area contributed by atoms with Gasteiger partial charge in [0.15, 0.2) is 11.6 Å². The van der Waals surface area contributed by atoms with Gasteiger partial charge in [-0.1, -0.05) is 47.6 Å². The fourth-order valence-electron chi connectivity index (χ4n) is 3.51. The second kappa shape index (κ2) is 13.3. The van der Waals surface area contributed by atoms with Gasteiger partial charge >= 0.3 is 5.97 Å². The Morgan fingerprint density at radius 1 is 1.19 bits per heavy atom. The van der Waals surface area contributed by atoms with Gasteiger partial charge in [-0.15, -0.1) is 11.8 Å². The minimum absolute atomic E-state index is 0.00776. The number of benzene rings is 1. The Labute approximate surface area is 216 Å². The van der Waals surface area contributed by atoms with Crippen LogP contribution < -0.4 is 16.2 Å². The van der Waals surface area contributed by atoms with E-state index in [9.17, 15) is 24.3 Å². The Kier molecular flexibility index (Phi) is 9.95. The van der Waals surface area contributed by atoms with Crippen molar-refractivity contribution in [2.45, 2.75) is 51.1 Å². The van der Waals surface area contributed by atoms with Crippen molar-refractivity contribution >= 4 is 35.2 Å². The lowest BCUT2D eigenvalue weighted by molar-refractivity contribution is -0.140. The SMILES string of the molecule is CC[C@H](C(=O)N[C@@H](CC(=O)O)C(=O)CSCc1ccccc1)n1ccnc(NCc2nonc2C)c1=O. The number of aliphatic carboxylic acids is 1. The average molecular weight is 529 g/mol. The number of carbonyl (C=O) groups is 3. The quantitative estimate of drug-likeness (QED) is 0.279. The number of ketones is 1. The van der Waals surface area contributed by atoms with E-state index in [2.05, 4.69) is 30.6 Å². The average Bonchev–Trinajstić information content (AvgIpc) is 3.29. The molecule has 3 rings (SSSR count). The summed E-state index contributed by atoms with van der Waals surface area (Å²) in [5.41, 5.74) is 1.53. The van der Waals surface area contributed by atoms with E-state index in [1.54, 1.807) is 13.8 Å². The molecule has 0 bridgehead atoms. The third-order valence-electron chi connectivity index (χ3n) is 5.50. The number of Topliss-reactive ketones (excluding diaryl/α,β-unsaturated/α-hetero) is 1. The van der Waals surface area contributed by atoms with Crippen LogP contribution >= 0.6 is 11.8 Å². The number of anilines is 1. The van der Waals surface area contributed by atoms with Gasteiger partial charge in [0.25, 0.3) is 5.56 Å². The van der Waals surface area contributed by atoms with Gasteiger partial charge in [0.1, 0.15) is 17.4 Å². The summed E-state index contributed by atoms with van der Waals surface area (Å²) in [5, 5.41) is 22.1. The molecule has 0 aliphatic carbocycles. The predicted molar refractivity (Wildman–Crippen MR) is 136 cm³/mol. The zero-order valence-corrected chi connectivity index (χ0v) is 21.2. The van der Waals surface area contributed by atoms with Crippen molar-refractivity contribution in [1.29, 1.82) is 0 Å². The summed E-state index contributed by atoms with van der Waals surface area (Å²) >= 11 is 1.34. The van der Waals surface area contributed by atoms with Crippen molar-refractivity contribution in [3.05, 3.63) is 70.0 Å². The van der Waals surface area contributed by atoms with E-state index in [4.69, 9.17) is 0 Å². The van der Waals surface area contributed by atoms with Crippen LogP contribution in [0, 0.1) is 6.92 Å². The van der Waals surface area contributed by atoms with Gasteiger partial charge in [0.2, 0.25) is 5.91 Å². The van der Waals surface area contributed by atoms with E-state index in [1.165, 1.54) is 28.7 Å². The number of nitrogens with zero attached hydrogens (tertiary/aromatic N) is 4. The fraction of sp³-hybridized carbons (Fsp3) is 0.375. The van der Waals surface area contributed by atoms with Gasteiger partial charge in [0, 0.05) is 18.1 Å². The third-order valence-corrected chi connectivity index (χ3v) is 6.53. The first-order valence-electron chi connectivity index (χ1n) is 11.6. The van der Waals surface area contributed by atoms with Gasteiger partial charge in [-0.3, -0.25) is 23.7 Å². The molecule has 2 atom stereocenters. The summed E-state index contributed by atoms with van der Waals surface area (Å²) in [4.78, 5) is 54.4. The molecule has 2 aromatic heterocycles. The third kappa shape index (κ3) is 7.74. The van der Waals surface area contributed by atoms with E-state index in [1.807, 2.05) is 30.3 Å². The van der Waals surface area contributed by atoms with Crippen LogP contribution in [0.2, 0.25) is 0 Å². The Morgan fingerprint density at radius 2 is 1.95 bits per heavy atom. The number of amides is 1. The predicted octanol–water partition coefficient (Wildman–Crippen LogP) is 1.96. The van der Waals surface area contributed by atoms with E-state index >= 15 is 0 Å². The molecule has 12 nitrogen and oxygen atoms in total. The molecule has 3 aromatic rings. The molecule has 196 valence electrons. The summed E-state index contributed by atoms with van der Waals surface area (Å²) < 4.78 is 5.84. The molecular weight excluding hydrogens is 500 g/mol. The number of nitrogens with one attached hydrogen (secondary N) is 2. The second-order valence-corrected chi connectivity index (χ2v) is 9.15. The lowest BCUT2D eigenvalue weighted by atomic mass is 10.1. The Morgan fingerprint density at radius 3 is 2.59 bits per heavy atom. The molecule has 37 heavy (non-hydrogen) atoms. The number of aromatic nitrogens is 4.